The zero-order valence-electron chi connectivity index (χ0n) is 15.2. The van der Waals surface area contributed by atoms with Gasteiger partial charge in [-0.3, -0.25) is 9.78 Å². The molecule has 0 bridgehead atoms. The Kier molecular flexibility index (Phi) is 5.68. The average molecular weight is 366 g/mol. The van der Waals surface area contributed by atoms with Crippen LogP contribution in [0.3, 0.4) is 0 Å². The molecule has 0 aliphatic carbocycles. The van der Waals surface area contributed by atoms with E-state index in [1.54, 1.807) is 28.6 Å². The van der Waals surface area contributed by atoms with Gasteiger partial charge >= 0.3 is 0 Å². The fraction of sp³-hybridized carbons (Fsp3) is 0.238. The van der Waals surface area contributed by atoms with Crippen molar-refractivity contribution in [3.8, 4) is 5.75 Å². The predicted molar refractivity (Wildman–Crippen MR) is 105 cm³/mol. The van der Waals surface area contributed by atoms with Crippen molar-refractivity contribution in [1.82, 2.24) is 9.88 Å². The number of carbonyl (C=O) groups excluding carboxylic acids is 1. The van der Waals surface area contributed by atoms with Crippen LogP contribution in [0.2, 0.25) is 0 Å². The highest BCUT2D eigenvalue weighted by atomic mass is 32.1. The molecule has 0 spiro atoms. The van der Waals surface area contributed by atoms with Crippen LogP contribution >= 0.6 is 11.3 Å². The summed E-state index contributed by atoms with van der Waals surface area (Å²) < 4.78 is 5.74. The molecule has 1 amide bonds. The number of pyridine rings is 1. The minimum absolute atomic E-state index is 0.00219. The lowest BCUT2D eigenvalue weighted by molar-refractivity contribution is 0.0745. The van der Waals surface area contributed by atoms with E-state index in [1.165, 1.54) is 9.75 Å². The molecule has 5 heteroatoms. The van der Waals surface area contributed by atoms with Gasteiger partial charge in [-0.15, -0.1) is 11.3 Å². The molecule has 0 N–H and O–H groups in total. The standard InChI is InChI=1S/C21H22N2O2S/c1-15-6-11-20(26-15)16(2)23(3)21(24)18-7-9-19(10-8-18)25-14-17-5-4-12-22-13-17/h4-13,16H,14H2,1-3H3/t16-/m1/s1. The first-order chi connectivity index (χ1) is 12.5. The van der Waals surface area contributed by atoms with Crippen LogP contribution in [0.15, 0.2) is 60.9 Å². The Morgan fingerprint density at radius 1 is 1.19 bits per heavy atom. The Hall–Kier alpha value is -2.66. The Bertz CT molecular complexity index is 859. The first-order valence-corrected chi connectivity index (χ1v) is 9.31. The second kappa shape index (κ2) is 8.15. The molecule has 1 aromatic carbocycles. The molecule has 0 fully saturated rings. The number of carbonyl (C=O) groups is 1. The van der Waals surface area contributed by atoms with E-state index in [0.29, 0.717) is 12.2 Å². The number of hydrogen-bond acceptors (Lipinski definition) is 4. The minimum Gasteiger partial charge on any atom is -0.489 e. The second-order valence-electron chi connectivity index (χ2n) is 6.21. The quantitative estimate of drug-likeness (QED) is 0.625. The van der Waals surface area contributed by atoms with Gasteiger partial charge in [-0.05, 0) is 56.3 Å². The maximum atomic E-state index is 12.7. The maximum Gasteiger partial charge on any atom is 0.254 e. The second-order valence-corrected chi connectivity index (χ2v) is 7.53. The van der Waals surface area contributed by atoms with E-state index < -0.39 is 0 Å². The fourth-order valence-electron chi connectivity index (χ4n) is 2.59. The molecule has 1 atom stereocenters. The van der Waals surface area contributed by atoms with Crippen molar-refractivity contribution in [3.05, 3.63) is 81.8 Å². The average Bonchev–Trinajstić information content (AvgIpc) is 3.12. The number of aryl methyl sites for hydroxylation is 1. The fourth-order valence-corrected chi connectivity index (χ4v) is 3.56. The van der Waals surface area contributed by atoms with Crippen LogP contribution in [0, 0.1) is 6.92 Å². The van der Waals surface area contributed by atoms with Crippen molar-refractivity contribution < 1.29 is 9.53 Å². The predicted octanol–water partition coefficient (Wildman–Crippen LogP) is 4.86. The minimum atomic E-state index is 0.00219. The summed E-state index contributed by atoms with van der Waals surface area (Å²) in [5.74, 6) is 0.734. The lowest BCUT2D eigenvalue weighted by Crippen LogP contribution is -2.29. The molecule has 0 saturated carbocycles. The molecule has 2 aromatic heterocycles. The molecular weight excluding hydrogens is 344 g/mol. The van der Waals surface area contributed by atoms with E-state index in [9.17, 15) is 4.79 Å². The molecule has 3 aromatic rings. The molecule has 3 rings (SSSR count). The molecule has 0 aliphatic rings. The van der Waals surface area contributed by atoms with E-state index in [1.807, 2.05) is 43.4 Å². The number of benzene rings is 1. The van der Waals surface area contributed by atoms with Gasteiger partial charge in [-0.2, -0.15) is 0 Å². The van der Waals surface area contributed by atoms with Crippen LogP contribution in [-0.2, 0) is 6.61 Å². The number of nitrogens with zero attached hydrogens (tertiary/aromatic N) is 2. The largest absolute Gasteiger partial charge is 0.489 e. The summed E-state index contributed by atoms with van der Waals surface area (Å²) in [5.41, 5.74) is 1.66. The summed E-state index contributed by atoms with van der Waals surface area (Å²) in [6.07, 6.45) is 3.51. The number of thiophene rings is 1. The summed E-state index contributed by atoms with van der Waals surface area (Å²) in [4.78, 5) is 21.0. The summed E-state index contributed by atoms with van der Waals surface area (Å²) in [7, 11) is 1.84. The smallest absolute Gasteiger partial charge is 0.254 e. The van der Waals surface area contributed by atoms with E-state index >= 15 is 0 Å². The molecular formula is C21H22N2O2S. The number of amides is 1. The van der Waals surface area contributed by atoms with Crippen LogP contribution in [0.5, 0.6) is 5.75 Å². The van der Waals surface area contributed by atoms with Crippen LogP contribution in [-0.4, -0.2) is 22.8 Å². The summed E-state index contributed by atoms with van der Waals surface area (Å²) >= 11 is 1.72. The van der Waals surface area contributed by atoms with Gasteiger partial charge in [0.05, 0.1) is 6.04 Å². The summed E-state index contributed by atoms with van der Waals surface area (Å²) in [5, 5.41) is 0. The van der Waals surface area contributed by atoms with Crippen LogP contribution in [0.1, 0.15) is 38.6 Å². The molecule has 0 radical (unpaired) electrons. The Morgan fingerprint density at radius 2 is 1.96 bits per heavy atom. The van der Waals surface area contributed by atoms with E-state index in [0.717, 1.165) is 11.3 Å². The molecule has 0 aliphatic heterocycles. The first kappa shape index (κ1) is 18.1. The van der Waals surface area contributed by atoms with Crippen molar-refractivity contribution in [3.63, 3.8) is 0 Å². The molecule has 0 saturated heterocycles. The molecule has 4 nitrogen and oxygen atoms in total. The highest BCUT2D eigenvalue weighted by molar-refractivity contribution is 7.12. The van der Waals surface area contributed by atoms with E-state index in [-0.39, 0.29) is 11.9 Å². The van der Waals surface area contributed by atoms with E-state index in [4.69, 9.17) is 4.74 Å². The first-order valence-electron chi connectivity index (χ1n) is 8.50. The van der Waals surface area contributed by atoms with Gasteiger partial charge in [0.1, 0.15) is 12.4 Å². The van der Waals surface area contributed by atoms with Gasteiger partial charge in [-0.25, -0.2) is 0 Å². The third-order valence-electron chi connectivity index (χ3n) is 4.30. The van der Waals surface area contributed by atoms with Gasteiger partial charge < -0.3 is 9.64 Å². The maximum absolute atomic E-state index is 12.7. The Morgan fingerprint density at radius 3 is 2.58 bits per heavy atom. The van der Waals surface area contributed by atoms with Crippen molar-refractivity contribution in [2.45, 2.75) is 26.5 Å². The monoisotopic (exact) mass is 366 g/mol. The zero-order chi connectivity index (χ0) is 18.5. The van der Waals surface area contributed by atoms with Crippen molar-refractivity contribution >= 4 is 17.2 Å². The number of aromatic nitrogens is 1. The molecule has 26 heavy (non-hydrogen) atoms. The number of ether oxygens (including phenoxy) is 1. The van der Waals surface area contributed by atoms with Crippen molar-refractivity contribution in [1.29, 1.82) is 0 Å². The Labute approximate surface area is 158 Å². The third kappa shape index (κ3) is 4.29. The lowest BCUT2D eigenvalue weighted by Gasteiger charge is -2.24. The van der Waals surface area contributed by atoms with Crippen LogP contribution < -0.4 is 4.74 Å². The zero-order valence-corrected chi connectivity index (χ0v) is 16.0. The lowest BCUT2D eigenvalue weighted by atomic mass is 10.1. The van der Waals surface area contributed by atoms with Gasteiger partial charge in [0.2, 0.25) is 0 Å². The Balaban J connectivity index is 1.62. The topological polar surface area (TPSA) is 42.4 Å². The molecule has 2 heterocycles. The summed E-state index contributed by atoms with van der Waals surface area (Å²) in [6, 6.07) is 15.3. The SMILES string of the molecule is Cc1ccc([C@@H](C)N(C)C(=O)c2ccc(OCc3cccnc3)cc2)s1. The van der Waals surface area contributed by atoms with Gasteiger partial charge in [-0.1, -0.05) is 6.07 Å². The summed E-state index contributed by atoms with van der Waals surface area (Å²) in [6.45, 7) is 4.58. The van der Waals surface area contributed by atoms with Crippen LogP contribution in [0.25, 0.3) is 0 Å². The molecule has 134 valence electrons. The number of rotatable bonds is 6. The van der Waals surface area contributed by atoms with Gasteiger partial charge in [0, 0.05) is 40.3 Å². The highest BCUT2D eigenvalue weighted by Gasteiger charge is 2.20. The highest BCUT2D eigenvalue weighted by Crippen LogP contribution is 2.27. The van der Waals surface area contributed by atoms with Gasteiger partial charge in [0.15, 0.2) is 0 Å². The van der Waals surface area contributed by atoms with Crippen molar-refractivity contribution in [2.24, 2.45) is 0 Å². The molecule has 0 unspecified atom stereocenters. The number of hydrogen-bond donors (Lipinski definition) is 0. The van der Waals surface area contributed by atoms with Crippen LogP contribution in [0.4, 0.5) is 0 Å². The van der Waals surface area contributed by atoms with Crippen molar-refractivity contribution in [2.75, 3.05) is 7.05 Å². The normalized spacial score (nSPS) is 11.8. The van der Waals surface area contributed by atoms with E-state index in [2.05, 4.69) is 31.0 Å². The van der Waals surface area contributed by atoms with Gasteiger partial charge in [0.25, 0.3) is 5.91 Å². The third-order valence-corrected chi connectivity index (χ3v) is 5.47.